The summed E-state index contributed by atoms with van der Waals surface area (Å²) < 4.78 is 3.70. The molecule has 2 aromatic rings. The monoisotopic (exact) mass is 324 g/mol. The molecule has 0 spiro atoms. The van der Waals surface area contributed by atoms with Crippen LogP contribution in [-0.2, 0) is 20.0 Å². The molecule has 1 N–H and O–H groups in total. The maximum Gasteiger partial charge on any atom is 0.282 e. The predicted molar refractivity (Wildman–Crippen MR) is 72.9 cm³/mol. The quantitative estimate of drug-likeness (QED) is 0.873. The average molecular weight is 325 g/mol. The Bertz CT molecular complexity index is 663. The third kappa shape index (κ3) is 2.27. The molecule has 1 aliphatic heterocycles. The normalized spacial score (nSPS) is 18.1. The van der Waals surface area contributed by atoms with Crippen molar-refractivity contribution in [3.05, 3.63) is 33.2 Å². The molecule has 0 aliphatic carbocycles. The van der Waals surface area contributed by atoms with Crippen LogP contribution in [0.1, 0.15) is 12.2 Å². The van der Waals surface area contributed by atoms with Crippen LogP contribution in [0, 0.1) is 0 Å². The zero-order chi connectivity index (χ0) is 13.4. The van der Waals surface area contributed by atoms with E-state index in [4.69, 9.17) is 0 Å². The lowest BCUT2D eigenvalue weighted by atomic mass is 10.1. The summed E-state index contributed by atoms with van der Waals surface area (Å²) in [5, 5.41) is 11.5. The van der Waals surface area contributed by atoms with Crippen LogP contribution in [0.2, 0.25) is 0 Å². The highest BCUT2D eigenvalue weighted by atomic mass is 79.9. The van der Waals surface area contributed by atoms with Crippen LogP contribution >= 0.6 is 15.9 Å². The summed E-state index contributed by atoms with van der Waals surface area (Å²) in [6.07, 6.45) is 5.07. The molecule has 1 aliphatic rings. The number of hydrogen-bond donors (Lipinski definition) is 1. The molecule has 0 saturated heterocycles. The Morgan fingerprint density at radius 1 is 1.47 bits per heavy atom. The summed E-state index contributed by atoms with van der Waals surface area (Å²) in [6, 6.07) is 0.222. The number of nitrogens with one attached hydrogen (secondary N) is 1. The van der Waals surface area contributed by atoms with E-state index in [2.05, 4.69) is 36.4 Å². The molecule has 0 fully saturated rings. The van der Waals surface area contributed by atoms with Gasteiger partial charge in [0.2, 0.25) is 0 Å². The number of aromatic nitrogens is 5. The SMILES string of the molecule is Cn1ncc(NC2CCc3ncnn3C2)c(Br)c1=O. The van der Waals surface area contributed by atoms with Crippen LogP contribution in [0.5, 0.6) is 0 Å². The molecule has 3 heterocycles. The first-order chi connectivity index (χ1) is 9.15. The van der Waals surface area contributed by atoms with Gasteiger partial charge in [-0.25, -0.2) is 14.3 Å². The van der Waals surface area contributed by atoms with Crippen molar-refractivity contribution in [1.29, 1.82) is 0 Å². The van der Waals surface area contributed by atoms with Crippen LogP contribution < -0.4 is 10.9 Å². The Hall–Kier alpha value is -1.70. The van der Waals surface area contributed by atoms with Crippen molar-refractivity contribution < 1.29 is 0 Å². The van der Waals surface area contributed by atoms with Gasteiger partial charge >= 0.3 is 0 Å². The van der Waals surface area contributed by atoms with Crippen molar-refractivity contribution in [1.82, 2.24) is 24.5 Å². The first-order valence-electron chi connectivity index (χ1n) is 6.00. The smallest absolute Gasteiger partial charge is 0.282 e. The Kier molecular flexibility index (Phi) is 3.09. The van der Waals surface area contributed by atoms with Crippen LogP contribution in [0.25, 0.3) is 0 Å². The number of anilines is 1. The van der Waals surface area contributed by atoms with Crippen molar-refractivity contribution in [3.8, 4) is 0 Å². The van der Waals surface area contributed by atoms with E-state index in [-0.39, 0.29) is 11.6 Å². The first kappa shape index (κ1) is 12.3. The van der Waals surface area contributed by atoms with Gasteiger partial charge in [0, 0.05) is 19.5 Å². The topological polar surface area (TPSA) is 77.6 Å². The van der Waals surface area contributed by atoms with Crippen molar-refractivity contribution in [2.24, 2.45) is 7.05 Å². The Labute approximate surface area is 117 Å². The Balaban J connectivity index is 1.80. The molecule has 0 bridgehead atoms. The fraction of sp³-hybridized carbons (Fsp3) is 0.455. The summed E-state index contributed by atoms with van der Waals surface area (Å²) in [5.41, 5.74) is 0.568. The summed E-state index contributed by atoms with van der Waals surface area (Å²) in [5.74, 6) is 1.01. The number of halogens is 1. The molecular formula is C11H13BrN6O. The highest BCUT2D eigenvalue weighted by Gasteiger charge is 2.20. The molecule has 100 valence electrons. The van der Waals surface area contributed by atoms with Crippen molar-refractivity contribution >= 4 is 21.6 Å². The minimum atomic E-state index is -0.151. The van der Waals surface area contributed by atoms with Gasteiger partial charge in [0.25, 0.3) is 5.56 Å². The summed E-state index contributed by atoms with van der Waals surface area (Å²) in [4.78, 5) is 16.0. The zero-order valence-corrected chi connectivity index (χ0v) is 12.0. The molecule has 1 atom stereocenters. The lowest BCUT2D eigenvalue weighted by molar-refractivity contribution is 0.441. The first-order valence-corrected chi connectivity index (χ1v) is 6.79. The van der Waals surface area contributed by atoms with Gasteiger partial charge in [-0.05, 0) is 22.4 Å². The Morgan fingerprint density at radius 3 is 3.16 bits per heavy atom. The Morgan fingerprint density at radius 2 is 2.32 bits per heavy atom. The van der Waals surface area contributed by atoms with E-state index in [0.29, 0.717) is 4.47 Å². The second kappa shape index (κ2) is 4.76. The van der Waals surface area contributed by atoms with Gasteiger partial charge in [-0.15, -0.1) is 0 Å². The summed E-state index contributed by atoms with van der Waals surface area (Å²) in [7, 11) is 1.62. The van der Waals surface area contributed by atoms with E-state index < -0.39 is 0 Å². The average Bonchev–Trinajstić information content (AvgIpc) is 2.87. The molecule has 0 amide bonds. The molecule has 1 unspecified atom stereocenters. The standard InChI is InChI=1S/C11H13BrN6O/c1-17-11(19)10(12)8(4-14-17)16-7-2-3-9-13-6-15-18(9)5-7/h4,6-7,16H,2-3,5H2,1H3. The largest absolute Gasteiger partial charge is 0.378 e. The highest BCUT2D eigenvalue weighted by molar-refractivity contribution is 9.10. The molecule has 7 nitrogen and oxygen atoms in total. The fourth-order valence-corrected chi connectivity index (χ4v) is 2.66. The molecule has 8 heteroatoms. The lowest BCUT2D eigenvalue weighted by Crippen LogP contribution is -2.33. The molecule has 0 radical (unpaired) electrons. The van der Waals surface area contributed by atoms with Crippen LogP contribution in [-0.4, -0.2) is 30.6 Å². The van der Waals surface area contributed by atoms with E-state index >= 15 is 0 Å². The van der Waals surface area contributed by atoms with Crippen molar-refractivity contribution in [3.63, 3.8) is 0 Å². The third-order valence-corrected chi connectivity index (χ3v) is 4.01. The van der Waals surface area contributed by atoms with Gasteiger partial charge in [0.15, 0.2) is 0 Å². The molecule has 3 rings (SSSR count). The third-order valence-electron chi connectivity index (χ3n) is 3.24. The van der Waals surface area contributed by atoms with E-state index in [0.717, 1.165) is 30.9 Å². The minimum absolute atomic E-state index is 0.151. The predicted octanol–water partition coefficient (Wildman–Crippen LogP) is 0.561. The van der Waals surface area contributed by atoms with Gasteiger partial charge in [-0.2, -0.15) is 10.2 Å². The number of nitrogens with zero attached hydrogens (tertiary/aromatic N) is 5. The number of fused-ring (bicyclic) bond motifs is 1. The molecule has 19 heavy (non-hydrogen) atoms. The zero-order valence-electron chi connectivity index (χ0n) is 10.4. The van der Waals surface area contributed by atoms with E-state index in [1.807, 2.05) is 4.68 Å². The van der Waals surface area contributed by atoms with Gasteiger partial charge in [0.05, 0.1) is 18.4 Å². The van der Waals surface area contributed by atoms with Crippen molar-refractivity contribution in [2.45, 2.75) is 25.4 Å². The fourth-order valence-electron chi connectivity index (χ4n) is 2.19. The number of rotatable bonds is 2. The summed E-state index contributed by atoms with van der Waals surface area (Å²) >= 11 is 3.31. The maximum atomic E-state index is 11.8. The molecular weight excluding hydrogens is 312 g/mol. The number of aryl methyl sites for hydroxylation is 2. The molecule has 0 aromatic carbocycles. The van der Waals surface area contributed by atoms with E-state index in [1.54, 1.807) is 19.6 Å². The van der Waals surface area contributed by atoms with Gasteiger partial charge in [-0.3, -0.25) is 4.79 Å². The van der Waals surface area contributed by atoms with E-state index in [9.17, 15) is 4.79 Å². The van der Waals surface area contributed by atoms with Crippen molar-refractivity contribution in [2.75, 3.05) is 5.32 Å². The van der Waals surface area contributed by atoms with Gasteiger partial charge in [0.1, 0.15) is 16.6 Å². The summed E-state index contributed by atoms with van der Waals surface area (Å²) in [6.45, 7) is 0.747. The second-order valence-electron chi connectivity index (χ2n) is 4.54. The van der Waals surface area contributed by atoms with E-state index in [1.165, 1.54) is 4.68 Å². The highest BCUT2D eigenvalue weighted by Crippen LogP contribution is 2.20. The second-order valence-corrected chi connectivity index (χ2v) is 5.33. The van der Waals surface area contributed by atoms with Gasteiger partial charge < -0.3 is 5.32 Å². The van der Waals surface area contributed by atoms with Crippen LogP contribution in [0.4, 0.5) is 5.69 Å². The maximum absolute atomic E-state index is 11.8. The van der Waals surface area contributed by atoms with Gasteiger partial charge in [-0.1, -0.05) is 0 Å². The minimum Gasteiger partial charge on any atom is -0.378 e. The molecule has 2 aromatic heterocycles. The number of hydrogen-bond acceptors (Lipinski definition) is 5. The lowest BCUT2D eigenvalue weighted by Gasteiger charge is -2.24. The van der Waals surface area contributed by atoms with Crippen LogP contribution in [0.15, 0.2) is 21.8 Å². The van der Waals surface area contributed by atoms with Crippen LogP contribution in [0.3, 0.4) is 0 Å². The molecule has 0 saturated carbocycles.